The van der Waals surface area contributed by atoms with Crippen LogP contribution in [0.2, 0.25) is 0 Å². The highest BCUT2D eigenvalue weighted by atomic mass is 19.4. The number of halogens is 6. The molecule has 0 unspecified atom stereocenters. The number of likely N-dealkylation sites (tertiary alicyclic amines) is 2. The molecule has 11 heteroatoms. The predicted octanol–water partition coefficient (Wildman–Crippen LogP) is 8.25. The second kappa shape index (κ2) is 12.3. The highest BCUT2D eigenvalue weighted by Gasteiger charge is 2.33. The van der Waals surface area contributed by atoms with E-state index in [0.717, 1.165) is 69.6 Å². The van der Waals surface area contributed by atoms with Gasteiger partial charge in [0.2, 0.25) is 0 Å². The van der Waals surface area contributed by atoms with E-state index in [1.807, 2.05) is 4.90 Å². The standard InChI is InChI=1S/C34H32F6N4O/c35-33(36,37)25-10-5-22(6-11-25)20-41-31-19-29(32(45)44-17-3-4-27(44)21-43-15-1-2-16-43)28-18-24(9-14-30(28)42-31)23-7-12-26(13-8-23)34(38,39)40/h5-14,18-19,27H,1-4,15-17,20-21H2,(H,41,42)/t27-/m0/s1. The lowest BCUT2D eigenvalue weighted by atomic mass is 9.99. The lowest BCUT2D eigenvalue weighted by molar-refractivity contribution is -0.138. The van der Waals surface area contributed by atoms with Crippen molar-refractivity contribution in [2.24, 2.45) is 0 Å². The molecule has 2 fully saturated rings. The van der Waals surface area contributed by atoms with E-state index in [1.165, 1.54) is 24.3 Å². The monoisotopic (exact) mass is 626 g/mol. The first-order valence-corrected chi connectivity index (χ1v) is 15.0. The van der Waals surface area contributed by atoms with E-state index in [9.17, 15) is 31.1 Å². The first-order valence-electron chi connectivity index (χ1n) is 15.0. The third-order valence-corrected chi connectivity index (χ3v) is 8.65. The molecule has 1 N–H and O–H groups in total. The molecule has 4 aromatic rings. The number of hydrogen-bond acceptors (Lipinski definition) is 4. The molecule has 0 spiro atoms. The van der Waals surface area contributed by atoms with E-state index in [2.05, 4.69) is 15.2 Å². The maximum Gasteiger partial charge on any atom is 0.416 e. The Kier molecular flexibility index (Phi) is 8.47. The van der Waals surface area contributed by atoms with Crippen LogP contribution in [0, 0.1) is 0 Å². The van der Waals surface area contributed by atoms with Crippen LogP contribution in [0.3, 0.4) is 0 Å². The molecule has 3 heterocycles. The van der Waals surface area contributed by atoms with E-state index in [4.69, 9.17) is 0 Å². The third-order valence-electron chi connectivity index (χ3n) is 8.65. The van der Waals surface area contributed by atoms with Gasteiger partial charge in [-0.15, -0.1) is 0 Å². The molecule has 236 valence electrons. The number of carbonyl (C=O) groups excluding carboxylic acids is 1. The first-order chi connectivity index (χ1) is 21.5. The molecular weight excluding hydrogens is 594 g/mol. The molecule has 0 bridgehead atoms. The number of rotatable bonds is 7. The largest absolute Gasteiger partial charge is 0.416 e. The van der Waals surface area contributed by atoms with Crippen molar-refractivity contribution in [3.05, 3.63) is 95.1 Å². The Balaban J connectivity index is 1.33. The summed E-state index contributed by atoms with van der Waals surface area (Å²) < 4.78 is 78.4. The van der Waals surface area contributed by atoms with Crippen molar-refractivity contribution in [3.63, 3.8) is 0 Å². The van der Waals surface area contributed by atoms with E-state index in [1.54, 1.807) is 24.3 Å². The molecule has 0 aliphatic carbocycles. The van der Waals surface area contributed by atoms with Crippen LogP contribution in [0.15, 0.2) is 72.8 Å². The number of pyridine rings is 1. The summed E-state index contributed by atoms with van der Waals surface area (Å²) in [6, 6.07) is 16.7. The molecule has 1 atom stereocenters. The zero-order valence-corrected chi connectivity index (χ0v) is 24.4. The molecule has 2 aliphatic rings. The number of alkyl halides is 6. The summed E-state index contributed by atoms with van der Waals surface area (Å²) in [5, 5.41) is 3.73. The second-order valence-electron chi connectivity index (χ2n) is 11.7. The summed E-state index contributed by atoms with van der Waals surface area (Å²) in [5.74, 6) is 0.245. The molecule has 0 saturated carbocycles. The van der Waals surface area contributed by atoms with Crippen LogP contribution in [0.25, 0.3) is 22.0 Å². The summed E-state index contributed by atoms with van der Waals surface area (Å²) in [5.41, 5.74) is 1.28. The summed E-state index contributed by atoms with van der Waals surface area (Å²) in [4.78, 5) is 23.2. The summed E-state index contributed by atoms with van der Waals surface area (Å²) in [6.07, 6.45) is -4.78. The van der Waals surface area contributed by atoms with Crippen LogP contribution in [-0.4, -0.2) is 52.9 Å². The topological polar surface area (TPSA) is 48.5 Å². The van der Waals surface area contributed by atoms with Crippen molar-refractivity contribution in [1.29, 1.82) is 0 Å². The first kappa shape index (κ1) is 30.9. The van der Waals surface area contributed by atoms with Gasteiger partial charge in [-0.25, -0.2) is 4.98 Å². The molecule has 5 nitrogen and oxygen atoms in total. The lowest BCUT2D eigenvalue weighted by Gasteiger charge is -2.29. The van der Waals surface area contributed by atoms with Crippen LogP contribution >= 0.6 is 0 Å². The highest BCUT2D eigenvalue weighted by Crippen LogP contribution is 2.34. The number of hydrogen-bond donors (Lipinski definition) is 1. The molecule has 45 heavy (non-hydrogen) atoms. The molecule has 1 aromatic heterocycles. The van der Waals surface area contributed by atoms with Gasteiger partial charge in [0.25, 0.3) is 5.91 Å². The number of aromatic nitrogens is 1. The Hall–Kier alpha value is -4.12. The van der Waals surface area contributed by atoms with Gasteiger partial charge in [0.05, 0.1) is 22.2 Å². The van der Waals surface area contributed by atoms with Gasteiger partial charge in [0, 0.05) is 31.1 Å². The Morgan fingerprint density at radius 2 is 1.40 bits per heavy atom. The van der Waals surface area contributed by atoms with E-state index < -0.39 is 23.5 Å². The fourth-order valence-electron chi connectivity index (χ4n) is 6.24. The van der Waals surface area contributed by atoms with Gasteiger partial charge in [0.15, 0.2) is 0 Å². The van der Waals surface area contributed by atoms with Crippen molar-refractivity contribution < 1.29 is 31.1 Å². The zero-order valence-electron chi connectivity index (χ0n) is 24.4. The Morgan fingerprint density at radius 1 is 0.778 bits per heavy atom. The van der Waals surface area contributed by atoms with E-state index in [0.29, 0.717) is 45.5 Å². The smallest absolute Gasteiger partial charge is 0.366 e. The van der Waals surface area contributed by atoms with Gasteiger partial charge >= 0.3 is 12.4 Å². The fourth-order valence-corrected chi connectivity index (χ4v) is 6.24. The van der Waals surface area contributed by atoms with Crippen molar-refractivity contribution in [1.82, 2.24) is 14.8 Å². The van der Waals surface area contributed by atoms with Crippen molar-refractivity contribution in [3.8, 4) is 11.1 Å². The molecule has 6 rings (SSSR count). The predicted molar refractivity (Wildman–Crippen MR) is 161 cm³/mol. The van der Waals surface area contributed by atoms with Gasteiger partial charge in [-0.05, 0) is 97.9 Å². The summed E-state index contributed by atoms with van der Waals surface area (Å²) >= 11 is 0. The van der Waals surface area contributed by atoms with Crippen LogP contribution in [-0.2, 0) is 18.9 Å². The lowest BCUT2D eigenvalue weighted by Crippen LogP contribution is -2.42. The maximum atomic E-state index is 14.2. The molecular formula is C34H32F6N4O. The Morgan fingerprint density at radius 3 is 2.04 bits per heavy atom. The summed E-state index contributed by atoms with van der Waals surface area (Å²) in [6.45, 7) is 3.66. The number of fused-ring (bicyclic) bond motifs is 1. The van der Waals surface area contributed by atoms with Gasteiger partial charge in [-0.1, -0.05) is 30.3 Å². The summed E-state index contributed by atoms with van der Waals surface area (Å²) in [7, 11) is 0. The normalized spacial score (nSPS) is 17.7. The number of benzene rings is 3. The quantitative estimate of drug-likeness (QED) is 0.210. The van der Waals surface area contributed by atoms with Crippen molar-refractivity contribution >= 4 is 22.6 Å². The zero-order chi connectivity index (χ0) is 31.8. The van der Waals surface area contributed by atoms with E-state index >= 15 is 0 Å². The van der Waals surface area contributed by atoms with Crippen LogP contribution in [0.5, 0.6) is 0 Å². The third kappa shape index (κ3) is 6.93. The van der Waals surface area contributed by atoms with E-state index in [-0.39, 0.29) is 18.5 Å². The molecule has 2 aliphatic heterocycles. The maximum absolute atomic E-state index is 14.2. The molecule has 2 saturated heterocycles. The van der Waals surface area contributed by atoms with Crippen LogP contribution < -0.4 is 5.32 Å². The Bertz CT molecular complexity index is 1660. The second-order valence-corrected chi connectivity index (χ2v) is 11.7. The average molecular weight is 627 g/mol. The van der Waals surface area contributed by atoms with Gasteiger partial charge in [-0.3, -0.25) is 4.79 Å². The number of amides is 1. The fraction of sp³-hybridized carbons (Fsp3) is 0.353. The Labute approximate surface area is 256 Å². The van der Waals surface area contributed by atoms with Crippen LogP contribution in [0.1, 0.15) is 52.7 Å². The molecule has 1 amide bonds. The van der Waals surface area contributed by atoms with Crippen molar-refractivity contribution in [2.75, 3.05) is 31.5 Å². The minimum atomic E-state index is -4.45. The number of carbonyl (C=O) groups is 1. The molecule has 0 radical (unpaired) electrons. The number of nitrogens with zero attached hydrogens (tertiary/aromatic N) is 3. The van der Waals surface area contributed by atoms with Gasteiger partial charge < -0.3 is 15.1 Å². The van der Waals surface area contributed by atoms with Gasteiger partial charge in [0.1, 0.15) is 5.82 Å². The van der Waals surface area contributed by atoms with Gasteiger partial charge in [-0.2, -0.15) is 26.3 Å². The minimum absolute atomic E-state index is 0.0699. The molecule has 3 aromatic carbocycles. The van der Waals surface area contributed by atoms with Crippen molar-refractivity contribution in [2.45, 2.75) is 50.6 Å². The minimum Gasteiger partial charge on any atom is -0.366 e. The highest BCUT2D eigenvalue weighted by molar-refractivity contribution is 6.08. The number of anilines is 1. The number of nitrogens with one attached hydrogen (secondary N) is 1. The van der Waals surface area contributed by atoms with Crippen LogP contribution in [0.4, 0.5) is 32.2 Å². The SMILES string of the molecule is O=C(c1cc(NCc2ccc(C(F)(F)F)cc2)nc2ccc(-c3ccc(C(F)(F)F)cc3)cc12)N1CCC[C@H]1CN1CCCC1. The average Bonchev–Trinajstić information content (AvgIpc) is 3.71.